The molecule has 41 heavy (non-hydrogen) atoms. The van der Waals surface area contributed by atoms with Crippen LogP contribution in [0.4, 0.5) is 0 Å². The number of carbonyl (C=O) groups excluding carboxylic acids is 1. The maximum Gasteiger partial charge on any atom is 0.341 e. The molecule has 6 aromatic rings. The van der Waals surface area contributed by atoms with Crippen molar-refractivity contribution in [3.63, 3.8) is 0 Å². The van der Waals surface area contributed by atoms with Crippen LogP contribution in [0.2, 0.25) is 0 Å². The smallest absolute Gasteiger partial charge is 0.341 e. The normalized spacial score (nSPS) is 11.1. The number of carboxylic acids is 1. The molecule has 0 atom stereocenters. The van der Waals surface area contributed by atoms with Crippen LogP contribution in [0, 0.1) is 0 Å². The standard InChI is InChI=1S/C33H26N2O6/c34-33(38)25-8-4-9-26-31(25)32-27(16-23(28-10-5-15-39-28)17-29(32)41-20-30(36)37)35(26)18-21-11-13-24(14-12-21)40-19-22-6-2-1-3-7-22/h1-17H,18-20H2,(H2,34,38)(H,36,37). The third-order valence-corrected chi connectivity index (χ3v) is 6.89. The molecule has 8 nitrogen and oxygen atoms in total. The van der Waals surface area contributed by atoms with Gasteiger partial charge in [0.15, 0.2) is 6.61 Å². The zero-order valence-corrected chi connectivity index (χ0v) is 21.9. The average molecular weight is 547 g/mol. The first-order chi connectivity index (χ1) is 20.0. The molecule has 0 spiro atoms. The summed E-state index contributed by atoms with van der Waals surface area (Å²) < 4.78 is 19.4. The number of primary amides is 1. The van der Waals surface area contributed by atoms with Gasteiger partial charge in [-0.1, -0.05) is 48.5 Å². The van der Waals surface area contributed by atoms with Gasteiger partial charge in [0.25, 0.3) is 0 Å². The van der Waals surface area contributed by atoms with E-state index in [-0.39, 0.29) is 0 Å². The molecular weight excluding hydrogens is 520 g/mol. The summed E-state index contributed by atoms with van der Waals surface area (Å²) in [6.07, 6.45) is 1.57. The molecule has 4 aromatic carbocycles. The Balaban J connectivity index is 1.46. The highest BCUT2D eigenvalue weighted by molar-refractivity contribution is 6.20. The van der Waals surface area contributed by atoms with Crippen molar-refractivity contribution in [1.29, 1.82) is 0 Å². The first-order valence-electron chi connectivity index (χ1n) is 13.0. The molecule has 204 valence electrons. The molecule has 8 heteroatoms. The van der Waals surface area contributed by atoms with E-state index in [1.807, 2.05) is 72.8 Å². The lowest BCUT2D eigenvalue weighted by Crippen LogP contribution is -2.11. The summed E-state index contributed by atoms with van der Waals surface area (Å²) in [5.41, 5.74) is 10.4. The molecule has 0 bridgehead atoms. The van der Waals surface area contributed by atoms with E-state index in [4.69, 9.17) is 19.6 Å². The largest absolute Gasteiger partial charge is 0.489 e. The molecule has 0 unspecified atom stereocenters. The quantitative estimate of drug-likeness (QED) is 0.210. The van der Waals surface area contributed by atoms with E-state index in [1.165, 1.54) is 0 Å². The van der Waals surface area contributed by atoms with Gasteiger partial charge in [0.2, 0.25) is 5.91 Å². The number of ether oxygens (including phenoxy) is 2. The fourth-order valence-electron chi connectivity index (χ4n) is 5.05. The van der Waals surface area contributed by atoms with Gasteiger partial charge in [-0.15, -0.1) is 0 Å². The van der Waals surface area contributed by atoms with Crippen LogP contribution in [0.25, 0.3) is 33.1 Å². The summed E-state index contributed by atoms with van der Waals surface area (Å²) in [6.45, 7) is 0.380. The third kappa shape index (κ3) is 5.23. The van der Waals surface area contributed by atoms with Gasteiger partial charge in [-0.3, -0.25) is 4.79 Å². The van der Waals surface area contributed by atoms with Gasteiger partial charge in [0.1, 0.15) is 23.9 Å². The lowest BCUT2D eigenvalue weighted by Gasteiger charge is -2.12. The van der Waals surface area contributed by atoms with Gasteiger partial charge >= 0.3 is 5.97 Å². The summed E-state index contributed by atoms with van der Waals surface area (Å²) in [5, 5.41) is 10.6. The van der Waals surface area contributed by atoms with Gasteiger partial charge in [-0.25, -0.2) is 4.79 Å². The number of carboxylic acid groups (broad SMARTS) is 1. The van der Waals surface area contributed by atoms with Gasteiger partial charge in [0, 0.05) is 23.1 Å². The Labute approximate surface area is 235 Å². The van der Waals surface area contributed by atoms with Gasteiger partial charge in [0.05, 0.1) is 22.7 Å². The Morgan fingerprint density at radius 2 is 1.61 bits per heavy atom. The van der Waals surface area contributed by atoms with Crippen LogP contribution in [0.3, 0.4) is 0 Å². The third-order valence-electron chi connectivity index (χ3n) is 6.89. The number of amides is 1. The second-order valence-electron chi connectivity index (χ2n) is 9.60. The minimum Gasteiger partial charge on any atom is -0.489 e. The van der Waals surface area contributed by atoms with Crippen molar-refractivity contribution in [2.45, 2.75) is 13.2 Å². The van der Waals surface area contributed by atoms with Crippen LogP contribution in [0.1, 0.15) is 21.5 Å². The summed E-state index contributed by atoms with van der Waals surface area (Å²) in [7, 11) is 0. The summed E-state index contributed by atoms with van der Waals surface area (Å²) in [4.78, 5) is 23.9. The fraction of sp³-hybridized carbons (Fsp3) is 0.0909. The summed E-state index contributed by atoms with van der Waals surface area (Å²) >= 11 is 0. The summed E-state index contributed by atoms with van der Waals surface area (Å²) in [5.74, 6) is -0.0403. The minimum absolute atomic E-state index is 0.318. The van der Waals surface area contributed by atoms with Crippen molar-refractivity contribution < 1.29 is 28.6 Å². The molecule has 3 N–H and O–H groups in total. The number of fused-ring (bicyclic) bond motifs is 3. The molecule has 0 radical (unpaired) electrons. The Hall–Kier alpha value is -5.50. The zero-order valence-electron chi connectivity index (χ0n) is 21.9. The minimum atomic E-state index is -1.12. The highest BCUT2D eigenvalue weighted by Gasteiger charge is 2.22. The molecular formula is C33H26N2O6. The number of rotatable bonds is 10. The molecule has 1 amide bonds. The molecule has 0 aliphatic carbocycles. The maximum absolute atomic E-state index is 12.5. The number of nitrogens with two attached hydrogens (primary N) is 1. The van der Waals surface area contributed by atoms with E-state index in [0.717, 1.165) is 27.9 Å². The highest BCUT2D eigenvalue weighted by atomic mass is 16.5. The van der Waals surface area contributed by atoms with E-state index >= 15 is 0 Å². The first-order valence-corrected chi connectivity index (χ1v) is 13.0. The van der Waals surface area contributed by atoms with Crippen molar-refractivity contribution in [1.82, 2.24) is 4.57 Å². The molecule has 6 rings (SSSR count). The number of hydrogen-bond acceptors (Lipinski definition) is 5. The second-order valence-corrected chi connectivity index (χ2v) is 9.60. The van der Waals surface area contributed by atoms with E-state index in [1.54, 1.807) is 30.5 Å². The van der Waals surface area contributed by atoms with E-state index < -0.39 is 18.5 Å². The van der Waals surface area contributed by atoms with Crippen LogP contribution in [0.15, 0.2) is 108 Å². The van der Waals surface area contributed by atoms with Gasteiger partial charge in [-0.05, 0) is 59.7 Å². The molecule has 2 aromatic heterocycles. The second kappa shape index (κ2) is 10.9. The molecule has 0 saturated carbocycles. The van der Waals surface area contributed by atoms with E-state index in [9.17, 15) is 14.7 Å². The number of nitrogens with zero attached hydrogens (tertiary/aromatic N) is 1. The van der Waals surface area contributed by atoms with Crippen LogP contribution in [0.5, 0.6) is 11.5 Å². The van der Waals surface area contributed by atoms with Crippen molar-refractivity contribution in [3.8, 4) is 22.8 Å². The molecule has 0 fully saturated rings. The first kappa shape index (κ1) is 25.8. The Morgan fingerprint density at radius 1 is 0.805 bits per heavy atom. The molecule has 0 aliphatic heterocycles. The fourth-order valence-corrected chi connectivity index (χ4v) is 5.05. The maximum atomic E-state index is 12.5. The van der Waals surface area contributed by atoms with Crippen LogP contribution in [-0.2, 0) is 17.9 Å². The molecule has 0 saturated heterocycles. The van der Waals surface area contributed by atoms with E-state index in [0.29, 0.717) is 46.6 Å². The molecule has 2 heterocycles. The molecule has 0 aliphatic rings. The van der Waals surface area contributed by atoms with Crippen molar-refractivity contribution in [2.75, 3.05) is 6.61 Å². The topological polar surface area (TPSA) is 117 Å². The zero-order chi connectivity index (χ0) is 28.3. The monoisotopic (exact) mass is 546 g/mol. The van der Waals surface area contributed by atoms with Gasteiger partial charge in [-0.2, -0.15) is 0 Å². The number of hydrogen-bond donors (Lipinski definition) is 2. The predicted molar refractivity (Wildman–Crippen MR) is 155 cm³/mol. The Bertz CT molecular complexity index is 1860. The number of furan rings is 1. The van der Waals surface area contributed by atoms with Crippen molar-refractivity contribution in [2.24, 2.45) is 5.73 Å². The lowest BCUT2D eigenvalue weighted by molar-refractivity contribution is -0.139. The highest BCUT2D eigenvalue weighted by Crippen LogP contribution is 2.41. The van der Waals surface area contributed by atoms with Crippen LogP contribution >= 0.6 is 0 Å². The van der Waals surface area contributed by atoms with Crippen LogP contribution < -0.4 is 15.2 Å². The number of aromatic nitrogens is 1. The van der Waals surface area contributed by atoms with Crippen LogP contribution in [-0.4, -0.2) is 28.2 Å². The number of carbonyl (C=O) groups is 2. The Morgan fingerprint density at radius 3 is 2.32 bits per heavy atom. The number of benzene rings is 4. The Kier molecular flexibility index (Phi) is 6.87. The van der Waals surface area contributed by atoms with E-state index in [2.05, 4.69) is 4.57 Å². The van der Waals surface area contributed by atoms with Crippen molar-refractivity contribution in [3.05, 3.63) is 120 Å². The number of aliphatic carboxylic acids is 1. The predicted octanol–water partition coefficient (Wildman–Crippen LogP) is 6.24. The average Bonchev–Trinajstić information content (AvgIpc) is 3.63. The summed E-state index contributed by atoms with van der Waals surface area (Å²) in [6, 6.07) is 30.4. The lowest BCUT2D eigenvalue weighted by atomic mass is 10.0. The SMILES string of the molecule is NC(=O)c1cccc2c1c1c(OCC(=O)O)cc(-c3ccco3)cc1n2Cc1ccc(OCc2ccccc2)cc1. The van der Waals surface area contributed by atoms with Crippen molar-refractivity contribution >= 4 is 33.7 Å². The van der Waals surface area contributed by atoms with Gasteiger partial charge < -0.3 is 29.3 Å².